The number of anilines is 1. The van der Waals surface area contributed by atoms with Crippen LogP contribution in [0.15, 0.2) is 35.1 Å². The molecular weight excluding hydrogens is 372 g/mol. The van der Waals surface area contributed by atoms with Crippen LogP contribution in [-0.2, 0) is 22.6 Å². The molecule has 0 atom stereocenters. The first kappa shape index (κ1) is 18.5. The molecule has 0 spiro atoms. The SMILES string of the molecule is [2H]C([2H])(C)C(=O)N(c1ccccc1)C1(OC)CCN(CCn2nnn(CC)c2=O)CC1. The van der Waals surface area contributed by atoms with Gasteiger partial charge in [0.05, 0.1) is 6.54 Å². The Kier molecular flexibility index (Phi) is 5.95. The topological polar surface area (TPSA) is 85.5 Å². The minimum atomic E-state index is -2.04. The van der Waals surface area contributed by atoms with E-state index in [9.17, 15) is 9.59 Å². The molecule has 1 aromatic heterocycles. The number of nitrogens with zero attached hydrogens (tertiary/aromatic N) is 6. The van der Waals surface area contributed by atoms with E-state index in [4.69, 9.17) is 7.48 Å². The molecule has 2 aromatic rings. The van der Waals surface area contributed by atoms with E-state index in [0.29, 0.717) is 51.3 Å². The zero-order valence-corrected chi connectivity index (χ0v) is 17.2. The van der Waals surface area contributed by atoms with Crippen molar-refractivity contribution in [3.8, 4) is 0 Å². The summed E-state index contributed by atoms with van der Waals surface area (Å²) < 4.78 is 24.6. The third kappa shape index (κ3) is 4.40. The number of aryl methyl sites for hydroxylation is 1. The Morgan fingerprint density at radius 1 is 1.17 bits per heavy atom. The van der Waals surface area contributed by atoms with Crippen molar-refractivity contribution in [3.05, 3.63) is 40.8 Å². The second kappa shape index (κ2) is 9.32. The van der Waals surface area contributed by atoms with Gasteiger partial charge >= 0.3 is 5.69 Å². The van der Waals surface area contributed by atoms with Crippen LogP contribution in [-0.4, -0.2) is 63.1 Å². The highest BCUT2D eigenvalue weighted by atomic mass is 16.5. The lowest BCUT2D eigenvalue weighted by Crippen LogP contribution is -2.59. The first-order valence-electron chi connectivity index (χ1n) is 10.9. The maximum absolute atomic E-state index is 13.1. The van der Waals surface area contributed by atoms with Crippen molar-refractivity contribution in [2.24, 2.45) is 0 Å². The van der Waals surface area contributed by atoms with Crippen LogP contribution in [0.2, 0.25) is 0 Å². The van der Waals surface area contributed by atoms with Crippen molar-refractivity contribution in [2.45, 2.75) is 51.9 Å². The van der Waals surface area contributed by atoms with E-state index in [0.717, 1.165) is 0 Å². The lowest BCUT2D eigenvalue weighted by molar-refractivity contribution is -0.128. The quantitative estimate of drug-likeness (QED) is 0.617. The van der Waals surface area contributed by atoms with Gasteiger partial charge in [-0.3, -0.25) is 9.69 Å². The molecule has 1 aliphatic heterocycles. The Morgan fingerprint density at radius 3 is 2.38 bits per heavy atom. The van der Waals surface area contributed by atoms with Gasteiger partial charge in [-0.05, 0) is 29.5 Å². The van der Waals surface area contributed by atoms with E-state index in [-0.39, 0.29) is 5.69 Å². The number of amides is 1. The van der Waals surface area contributed by atoms with E-state index >= 15 is 0 Å². The van der Waals surface area contributed by atoms with Crippen LogP contribution in [0.25, 0.3) is 0 Å². The number of hydrogen-bond acceptors (Lipinski definition) is 6. The van der Waals surface area contributed by atoms with Crippen LogP contribution in [0.3, 0.4) is 0 Å². The fourth-order valence-corrected chi connectivity index (χ4v) is 3.75. The number of likely N-dealkylation sites (tertiary alicyclic amines) is 1. The van der Waals surface area contributed by atoms with Crippen LogP contribution in [0.1, 0.15) is 35.8 Å². The molecule has 1 saturated heterocycles. The third-order valence-corrected chi connectivity index (χ3v) is 5.48. The molecule has 158 valence electrons. The van der Waals surface area contributed by atoms with Crippen LogP contribution >= 0.6 is 0 Å². The molecule has 0 saturated carbocycles. The van der Waals surface area contributed by atoms with Crippen LogP contribution in [0, 0.1) is 0 Å². The van der Waals surface area contributed by atoms with Gasteiger partial charge in [0.2, 0.25) is 5.91 Å². The molecule has 9 nitrogen and oxygen atoms in total. The summed E-state index contributed by atoms with van der Waals surface area (Å²) in [5.74, 6) is -0.628. The molecule has 0 N–H and O–H groups in total. The molecule has 29 heavy (non-hydrogen) atoms. The van der Waals surface area contributed by atoms with Crippen molar-refractivity contribution in [1.29, 1.82) is 0 Å². The van der Waals surface area contributed by atoms with Crippen molar-refractivity contribution >= 4 is 11.6 Å². The number of carbonyl (C=O) groups is 1. The summed E-state index contributed by atoms with van der Waals surface area (Å²) in [7, 11) is 1.56. The number of tetrazole rings is 1. The first-order valence-corrected chi connectivity index (χ1v) is 9.89. The largest absolute Gasteiger partial charge is 0.363 e. The maximum Gasteiger partial charge on any atom is 0.363 e. The molecular formula is C20H30N6O3. The molecule has 1 amide bonds. The Morgan fingerprint density at radius 2 is 1.83 bits per heavy atom. The fourth-order valence-electron chi connectivity index (χ4n) is 3.75. The predicted octanol–water partition coefficient (Wildman–Crippen LogP) is 1.34. The van der Waals surface area contributed by atoms with Crippen molar-refractivity contribution in [2.75, 3.05) is 31.6 Å². The highest BCUT2D eigenvalue weighted by Gasteiger charge is 2.43. The van der Waals surface area contributed by atoms with E-state index in [1.54, 1.807) is 19.2 Å². The minimum Gasteiger partial charge on any atom is -0.358 e. The number of para-hydroxylation sites is 1. The van der Waals surface area contributed by atoms with Gasteiger partial charge in [0.1, 0.15) is 5.72 Å². The average molecular weight is 405 g/mol. The molecule has 0 bridgehead atoms. The lowest BCUT2D eigenvalue weighted by Gasteiger charge is -2.47. The minimum absolute atomic E-state index is 0.225. The molecule has 1 aromatic carbocycles. The fraction of sp³-hybridized carbons (Fsp3) is 0.600. The summed E-state index contributed by atoms with van der Waals surface area (Å²) >= 11 is 0. The molecule has 9 heteroatoms. The van der Waals surface area contributed by atoms with Crippen molar-refractivity contribution < 1.29 is 12.3 Å². The molecule has 3 rings (SSSR count). The molecule has 2 heterocycles. The van der Waals surface area contributed by atoms with Crippen LogP contribution in [0.5, 0.6) is 0 Å². The average Bonchev–Trinajstić information content (AvgIpc) is 3.12. The van der Waals surface area contributed by atoms with Gasteiger partial charge in [0, 0.05) is 60.9 Å². The van der Waals surface area contributed by atoms with Gasteiger partial charge in [-0.1, -0.05) is 25.1 Å². The standard InChI is InChI=1S/C20H30N6O3/c1-4-18(27)26(17-9-7-6-8-10-17)20(29-3)11-13-23(14-12-20)15-16-25-19(28)24(5-2)21-22-25/h6-10H,4-5,11-16H2,1-3H3/i4D2. The number of piperidine rings is 1. The number of carbonyl (C=O) groups excluding carboxylic acids is 1. The lowest BCUT2D eigenvalue weighted by atomic mass is 9.96. The van der Waals surface area contributed by atoms with Crippen LogP contribution < -0.4 is 10.6 Å². The Balaban J connectivity index is 1.74. The van der Waals surface area contributed by atoms with Gasteiger partial charge < -0.3 is 9.64 Å². The molecule has 0 unspecified atom stereocenters. The van der Waals surface area contributed by atoms with Gasteiger partial charge in [-0.2, -0.15) is 9.36 Å². The molecule has 1 aliphatic rings. The van der Waals surface area contributed by atoms with Crippen molar-refractivity contribution in [1.82, 2.24) is 24.7 Å². The van der Waals surface area contributed by atoms with E-state index < -0.39 is 18.0 Å². The Hall–Kier alpha value is -2.52. The maximum atomic E-state index is 13.1. The summed E-state index contributed by atoms with van der Waals surface area (Å²) in [5.41, 5.74) is -0.562. The second-order valence-corrected chi connectivity index (χ2v) is 7.02. The van der Waals surface area contributed by atoms with E-state index in [2.05, 4.69) is 15.3 Å². The number of methoxy groups -OCH3 is 1. The Labute approximate surface area is 173 Å². The van der Waals surface area contributed by atoms with Gasteiger partial charge in [-0.25, -0.2) is 4.79 Å². The number of rotatable bonds is 8. The predicted molar refractivity (Wildman–Crippen MR) is 110 cm³/mol. The normalized spacial score (nSPS) is 18.2. The number of ether oxygens (including phenoxy) is 1. The highest BCUT2D eigenvalue weighted by molar-refractivity contribution is 5.94. The second-order valence-electron chi connectivity index (χ2n) is 7.02. The van der Waals surface area contributed by atoms with Gasteiger partial charge in [-0.15, -0.1) is 0 Å². The number of benzene rings is 1. The van der Waals surface area contributed by atoms with E-state index in [1.807, 2.05) is 25.1 Å². The molecule has 0 radical (unpaired) electrons. The summed E-state index contributed by atoms with van der Waals surface area (Å²) in [6.07, 6.45) is -1.02. The zero-order chi connectivity index (χ0) is 22.6. The Bertz CT molecular complexity index is 932. The molecule has 1 fully saturated rings. The first-order chi connectivity index (χ1) is 14.7. The zero-order valence-electron chi connectivity index (χ0n) is 19.2. The van der Waals surface area contributed by atoms with Crippen LogP contribution in [0.4, 0.5) is 5.69 Å². The number of aromatic nitrogens is 4. The smallest absolute Gasteiger partial charge is 0.358 e. The van der Waals surface area contributed by atoms with Crippen molar-refractivity contribution in [3.63, 3.8) is 0 Å². The van der Waals surface area contributed by atoms with E-state index in [1.165, 1.54) is 21.2 Å². The summed E-state index contributed by atoms with van der Waals surface area (Å²) in [5, 5.41) is 7.74. The van der Waals surface area contributed by atoms with Gasteiger partial charge in [0.25, 0.3) is 0 Å². The van der Waals surface area contributed by atoms with Gasteiger partial charge in [0.15, 0.2) is 0 Å². The number of hydrogen-bond donors (Lipinski definition) is 0. The summed E-state index contributed by atoms with van der Waals surface area (Å²) in [6, 6.07) is 9.08. The third-order valence-electron chi connectivity index (χ3n) is 5.48. The monoisotopic (exact) mass is 404 g/mol. The summed E-state index contributed by atoms with van der Waals surface area (Å²) in [4.78, 5) is 28.9. The molecule has 0 aliphatic carbocycles. The summed E-state index contributed by atoms with van der Waals surface area (Å²) in [6.45, 7) is 5.90. The highest BCUT2D eigenvalue weighted by Crippen LogP contribution is 2.34.